The Balaban J connectivity index is 2.06. The van der Waals surface area contributed by atoms with Gasteiger partial charge in [-0.05, 0) is 40.7 Å². The van der Waals surface area contributed by atoms with Crippen LogP contribution in [-0.4, -0.2) is 15.1 Å². The van der Waals surface area contributed by atoms with Gasteiger partial charge in [0.05, 0.1) is 6.54 Å². The molecule has 2 aromatic heterocycles. The third-order valence-electron chi connectivity index (χ3n) is 3.13. The maximum atomic E-state index is 5.82. The molecule has 0 atom stereocenters. The van der Waals surface area contributed by atoms with Gasteiger partial charge in [-0.3, -0.25) is 0 Å². The van der Waals surface area contributed by atoms with Crippen molar-refractivity contribution in [1.82, 2.24) is 14.9 Å². The average Bonchev–Trinajstić information content (AvgIpc) is 2.83. The minimum absolute atomic E-state index is 0.116. The van der Waals surface area contributed by atoms with Crippen LogP contribution >= 0.6 is 0 Å². The Morgan fingerprint density at radius 3 is 2.63 bits per heavy atom. The zero-order valence-corrected chi connectivity index (χ0v) is 12.4. The molecule has 0 spiro atoms. The molecule has 0 unspecified atom stereocenters. The molecular formula is C15H23N3O. The van der Waals surface area contributed by atoms with E-state index in [9.17, 15) is 0 Å². The average molecular weight is 261 g/mol. The van der Waals surface area contributed by atoms with Crippen LogP contribution in [0.1, 0.15) is 43.7 Å². The van der Waals surface area contributed by atoms with E-state index in [0.717, 1.165) is 30.4 Å². The van der Waals surface area contributed by atoms with E-state index in [1.165, 1.54) is 5.56 Å². The van der Waals surface area contributed by atoms with Crippen molar-refractivity contribution in [3.63, 3.8) is 0 Å². The van der Waals surface area contributed by atoms with E-state index in [1.807, 2.05) is 26.2 Å². The number of hydrogen-bond donors (Lipinski definition) is 1. The molecule has 0 bridgehead atoms. The summed E-state index contributed by atoms with van der Waals surface area (Å²) >= 11 is 0. The first-order chi connectivity index (χ1) is 8.85. The highest BCUT2D eigenvalue weighted by Crippen LogP contribution is 2.17. The first kappa shape index (κ1) is 13.9. The first-order valence-electron chi connectivity index (χ1n) is 6.66. The van der Waals surface area contributed by atoms with E-state index in [2.05, 4.69) is 41.7 Å². The summed E-state index contributed by atoms with van der Waals surface area (Å²) in [7, 11) is 0. The lowest BCUT2D eigenvalue weighted by atomic mass is 10.1. The van der Waals surface area contributed by atoms with Gasteiger partial charge in [0.2, 0.25) is 0 Å². The smallest absolute Gasteiger partial charge is 0.124 e. The van der Waals surface area contributed by atoms with Crippen LogP contribution in [0.2, 0.25) is 0 Å². The zero-order valence-electron chi connectivity index (χ0n) is 12.4. The molecule has 1 N–H and O–H groups in total. The molecule has 0 aliphatic carbocycles. The third kappa shape index (κ3) is 3.70. The zero-order chi connectivity index (χ0) is 14.0. The number of aromatic nitrogens is 2. The van der Waals surface area contributed by atoms with E-state index in [1.54, 1.807) is 0 Å². The van der Waals surface area contributed by atoms with Crippen molar-refractivity contribution in [3.05, 3.63) is 41.4 Å². The summed E-state index contributed by atoms with van der Waals surface area (Å²) in [4.78, 5) is 4.22. The first-order valence-corrected chi connectivity index (χ1v) is 6.66. The molecule has 4 heteroatoms. The van der Waals surface area contributed by atoms with Crippen molar-refractivity contribution in [2.45, 2.75) is 53.2 Å². The number of aryl methyl sites for hydroxylation is 2. The fourth-order valence-corrected chi connectivity index (χ4v) is 1.94. The Bertz CT molecular complexity index is 546. The van der Waals surface area contributed by atoms with Crippen LogP contribution in [0.4, 0.5) is 0 Å². The van der Waals surface area contributed by atoms with Crippen LogP contribution in [0, 0.1) is 13.8 Å². The highest BCUT2D eigenvalue weighted by atomic mass is 16.3. The molecule has 0 aliphatic heterocycles. The Morgan fingerprint density at radius 1 is 1.32 bits per heavy atom. The number of hydrogen-bond acceptors (Lipinski definition) is 3. The predicted octanol–water partition coefficient (Wildman–Crippen LogP) is 3.03. The maximum Gasteiger partial charge on any atom is 0.124 e. The topological polar surface area (TPSA) is 43.0 Å². The molecule has 19 heavy (non-hydrogen) atoms. The quantitative estimate of drug-likeness (QED) is 0.920. The summed E-state index contributed by atoms with van der Waals surface area (Å²) in [6.45, 7) is 12.1. The van der Waals surface area contributed by atoms with Gasteiger partial charge in [-0.15, -0.1) is 0 Å². The van der Waals surface area contributed by atoms with Crippen LogP contribution in [0.5, 0.6) is 0 Å². The number of nitrogens with one attached hydrogen (secondary N) is 1. The van der Waals surface area contributed by atoms with Crippen LogP contribution in [-0.2, 0) is 13.1 Å². The van der Waals surface area contributed by atoms with Gasteiger partial charge < -0.3 is 14.3 Å². The minimum atomic E-state index is 0.116. The highest BCUT2D eigenvalue weighted by molar-refractivity contribution is 5.21. The Morgan fingerprint density at radius 2 is 2.05 bits per heavy atom. The largest absolute Gasteiger partial charge is 0.464 e. The lowest BCUT2D eigenvalue weighted by molar-refractivity contribution is 0.419. The molecule has 0 fully saturated rings. The molecule has 0 aliphatic rings. The van der Waals surface area contributed by atoms with Crippen molar-refractivity contribution in [3.8, 4) is 0 Å². The lowest BCUT2D eigenvalue weighted by Crippen LogP contribution is -2.35. The van der Waals surface area contributed by atoms with Gasteiger partial charge >= 0.3 is 0 Å². The molecule has 0 aromatic carbocycles. The van der Waals surface area contributed by atoms with Gasteiger partial charge in [0.1, 0.15) is 17.3 Å². The molecular weight excluding hydrogens is 238 g/mol. The van der Waals surface area contributed by atoms with Crippen molar-refractivity contribution in [2.24, 2.45) is 0 Å². The number of furan rings is 1. The van der Waals surface area contributed by atoms with Crippen LogP contribution in [0.3, 0.4) is 0 Å². The summed E-state index contributed by atoms with van der Waals surface area (Å²) in [5.41, 5.74) is 1.34. The monoisotopic (exact) mass is 261 g/mol. The van der Waals surface area contributed by atoms with Crippen LogP contribution in [0.25, 0.3) is 0 Å². The fraction of sp³-hybridized carbons (Fsp3) is 0.533. The normalized spacial score (nSPS) is 12.1. The van der Waals surface area contributed by atoms with Crippen molar-refractivity contribution in [2.75, 3.05) is 0 Å². The van der Waals surface area contributed by atoms with Crippen LogP contribution < -0.4 is 5.32 Å². The van der Waals surface area contributed by atoms with E-state index in [0.29, 0.717) is 0 Å². The fourth-order valence-electron chi connectivity index (χ4n) is 1.94. The van der Waals surface area contributed by atoms with Crippen LogP contribution in [0.15, 0.2) is 22.9 Å². The Hall–Kier alpha value is -1.55. The van der Waals surface area contributed by atoms with Gasteiger partial charge in [0.15, 0.2) is 0 Å². The van der Waals surface area contributed by atoms with E-state index >= 15 is 0 Å². The molecule has 2 heterocycles. The molecule has 0 radical (unpaired) electrons. The number of rotatable bonds is 4. The van der Waals surface area contributed by atoms with Crippen molar-refractivity contribution >= 4 is 0 Å². The van der Waals surface area contributed by atoms with E-state index in [-0.39, 0.29) is 5.54 Å². The standard InChI is InChI=1S/C15H23N3O/c1-11-13(9-17-15(3,4)5)8-14(19-11)10-18-7-6-16-12(18)2/h6-8,17H,9-10H2,1-5H3. The summed E-state index contributed by atoms with van der Waals surface area (Å²) in [5.74, 6) is 2.97. The van der Waals surface area contributed by atoms with Gasteiger partial charge in [0, 0.05) is 30.0 Å². The maximum absolute atomic E-state index is 5.82. The van der Waals surface area contributed by atoms with E-state index in [4.69, 9.17) is 4.42 Å². The molecule has 104 valence electrons. The second kappa shape index (κ2) is 5.21. The van der Waals surface area contributed by atoms with Gasteiger partial charge in [-0.25, -0.2) is 4.98 Å². The third-order valence-corrected chi connectivity index (χ3v) is 3.13. The van der Waals surface area contributed by atoms with Crippen molar-refractivity contribution in [1.29, 1.82) is 0 Å². The Kier molecular flexibility index (Phi) is 3.80. The SMILES string of the molecule is Cc1oc(Cn2ccnc2C)cc1CNC(C)(C)C. The highest BCUT2D eigenvalue weighted by Gasteiger charge is 2.13. The molecule has 0 amide bonds. The summed E-state index contributed by atoms with van der Waals surface area (Å²) in [6.07, 6.45) is 3.79. The lowest BCUT2D eigenvalue weighted by Gasteiger charge is -2.20. The molecule has 4 nitrogen and oxygen atoms in total. The molecule has 2 aromatic rings. The number of nitrogens with zero attached hydrogens (tertiary/aromatic N) is 2. The number of imidazole rings is 1. The summed E-state index contributed by atoms with van der Waals surface area (Å²) in [6, 6.07) is 2.13. The van der Waals surface area contributed by atoms with Gasteiger partial charge in [-0.1, -0.05) is 0 Å². The Labute approximate surface area is 114 Å². The molecule has 0 saturated carbocycles. The molecule has 0 saturated heterocycles. The molecule has 2 rings (SSSR count). The van der Waals surface area contributed by atoms with Crippen molar-refractivity contribution < 1.29 is 4.42 Å². The van der Waals surface area contributed by atoms with E-state index < -0.39 is 0 Å². The minimum Gasteiger partial charge on any atom is -0.464 e. The van der Waals surface area contributed by atoms with Gasteiger partial charge in [0.25, 0.3) is 0 Å². The van der Waals surface area contributed by atoms with Gasteiger partial charge in [-0.2, -0.15) is 0 Å². The second-order valence-corrected chi connectivity index (χ2v) is 6.00. The summed E-state index contributed by atoms with van der Waals surface area (Å²) in [5, 5.41) is 3.48. The summed E-state index contributed by atoms with van der Waals surface area (Å²) < 4.78 is 7.90. The predicted molar refractivity (Wildman–Crippen MR) is 76.1 cm³/mol. The second-order valence-electron chi connectivity index (χ2n) is 6.00.